The summed E-state index contributed by atoms with van der Waals surface area (Å²) in [5.41, 5.74) is 3.36. The van der Waals surface area contributed by atoms with Crippen molar-refractivity contribution in [2.75, 3.05) is 11.9 Å². The van der Waals surface area contributed by atoms with E-state index in [0.717, 1.165) is 23.3 Å². The van der Waals surface area contributed by atoms with E-state index in [4.69, 9.17) is 0 Å². The number of phenols is 1. The zero-order valence-electron chi connectivity index (χ0n) is 13.9. The largest absolute Gasteiger partial charge is 0.507 e. The summed E-state index contributed by atoms with van der Waals surface area (Å²) in [5, 5.41) is 18.0. The van der Waals surface area contributed by atoms with Crippen LogP contribution in [0.5, 0.6) is 5.75 Å². The SMILES string of the molecule is Oc1ccccc1-c1cc(NCCc2ccccc2)n2ncc(Br)c2n1. The van der Waals surface area contributed by atoms with Gasteiger partial charge in [-0.3, -0.25) is 0 Å². The number of halogens is 1. The van der Waals surface area contributed by atoms with Gasteiger partial charge in [-0.15, -0.1) is 0 Å². The number of hydrogen-bond acceptors (Lipinski definition) is 4. The van der Waals surface area contributed by atoms with Crippen LogP contribution in [0.4, 0.5) is 5.82 Å². The van der Waals surface area contributed by atoms with Crippen molar-refractivity contribution >= 4 is 27.4 Å². The molecule has 0 bridgehead atoms. The third kappa shape index (κ3) is 3.28. The lowest BCUT2D eigenvalue weighted by atomic mass is 10.1. The predicted octanol–water partition coefficient (Wildman–Crippen LogP) is 4.52. The van der Waals surface area contributed by atoms with Crippen LogP contribution in [0.1, 0.15) is 5.56 Å². The van der Waals surface area contributed by atoms with Crippen LogP contribution >= 0.6 is 15.9 Å². The summed E-state index contributed by atoms with van der Waals surface area (Å²) >= 11 is 3.50. The minimum Gasteiger partial charge on any atom is -0.507 e. The van der Waals surface area contributed by atoms with E-state index in [1.807, 2.05) is 36.4 Å². The van der Waals surface area contributed by atoms with Crippen molar-refractivity contribution in [3.63, 3.8) is 0 Å². The van der Waals surface area contributed by atoms with Gasteiger partial charge in [0.25, 0.3) is 0 Å². The van der Waals surface area contributed by atoms with Gasteiger partial charge in [-0.25, -0.2) is 4.98 Å². The Morgan fingerprint density at radius 1 is 1.04 bits per heavy atom. The van der Waals surface area contributed by atoms with E-state index < -0.39 is 0 Å². The molecule has 0 aliphatic heterocycles. The highest BCUT2D eigenvalue weighted by Gasteiger charge is 2.13. The van der Waals surface area contributed by atoms with Crippen molar-refractivity contribution in [3.8, 4) is 17.0 Å². The lowest BCUT2D eigenvalue weighted by Crippen LogP contribution is -2.10. The van der Waals surface area contributed by atoms with Crippen LogP contribution in [0.25, 0.3) is 16.9 Å². The normalized spacial score (nSPS) is 11.0. The minimum absolute atomic E-state index is 0.204. The summed E-state index contributed by atoms with van der Waals surface area (Å²) < 4.78 is 2.57. The molecule has 2 aromatic carbocycles. The second kappa shape index (κ2) is 7.17. The molecule has 0 atom stereocenters. The Labute approximate surface area is 159 Å². The molecular weight excluding hydrogens is 392 g/mol. The number of para-hydroxylation sites is 1. The molecule has 0 saturated carbocycles. The lowest BCUT2D eigenvalue weighted by molar-refractivity contribution is 0.477. The van der Waals surface area contributed by atoms with Crippen molar-refractivity contribution in [1.82, 2.24) is 14.6 Å². The lowest BCUT2D eigenvalue weighted by Gasteiger charge is -2.11. The van der Waals surface area contributed by atoms with Gasteiger partial charge in [0, 0.05) is 18.2 Å². The average Bonchev–Trinajstić information content (AvgIpc) is 3.04. The Balaban J connectivity index is 1.68. The zero-order chi connectivity index (χ0) is 17.9. The first-order valence-corrected chi connectivity index (χ1v) is 9.12. The Hall–Kier alpha value is -2.86. The Morgan fingerprint density at radius 2 is 1.81 bits per heavy atom. The van der Waals surface area contributed by atoms with Gasteiger partial charge >= 0.3 is 0 Å². The fraction of sp³-hybridized carbons (Fsp3) is 0.100. The topological polar surface area (TPSA) is 62.5 Å². The minimum atomic E-state index is 0.204. The molecule has 0 saturated heterocycles. The molecule has 0 radical (unpaired) electrons. The van der Waals surface area contributed by atoms with E-state index in [9.17, 15) is 5.11 Å². The van der Waals surface area contributed by atoms with Crippen LogP contribution in [0.3, 0.4) is 0 Å². The van der Waals surface area contributed by atoms with E-state index in [1.165, 1.54) is 5.56 Å². The Kier molecular flexibility index (Phi) is 4.58. The molecule has 0 amide bonds. The quantitative estimate of drug-likeness (QED) is 0.509. The molecule has 4 aromatic rings. The summed E-state index contributed by atoms with van der Waals surface area (Å²) in [5.74, 6) is 1.03. The molecule has 0 fully saturated rings. The number of rotatable bonds is 5. The van der Waals surface area contributed by atoms with E-state index >= 15 is 0 Å². The van der Waals surface area contributed by atoms with Crippen molar-refractivity contribution in [1.29, 1.82) is 0 Å². The van der Waals surface area contributed by atoms with Gasteiger partial charge in [-0.1, -0.05) is 42.5 Å². The van der Waals surface area contributed by atoms with Gasteiger partial charge in [0.1, 0.15) is 11.6 Å². The predicted molar refractivity (Wildman–Crippen MR) is 106 cm³/mol. The summed E-state index contributed by atoms with van der Waals surface area (Å²) in [7, 11) is 0. The van der Waals surface area contributed by atoms with Gasteiger partial charge in [0.15, 0.2) is 5.65 Å². The Morgan fingerprint density at radius 3 is 2.62 bits per heavy atom. The van der Waals surface area contributed by atoms with Crippen LogP contribution in [-0.4, -0.2) is 26.2 Å². The molecule has 5 nitrogen and oxygen atoms in total. The summed E-state index contributed by atoms with van der Waals surface area (Å²) in [6, 6.07) is 19.4. The van der Waals surface area contributed by atoms with E-state index in [0.29, 0.717) is 16.9 Å². The van der Waals surface area contributed by atoms with E-state index in [2.05, 4.69) is 43.5 Å². The fourth-order valence-corrected chi connectivity index (χ4v) is 3.22. The van der Waals surface area contributed by atoms with Crippen molar-refractivity contribution in [3.05, 3.63) is 76.9 Å². The summed E-state index contributed by atoms with van der Waals surface area (Å²) in [4.78, 5) is 4.65. The maximum absolute atomic E-state index is 10.2. The number of nitrogens with one attached hydrogen (secondary N) is 1. The first-order valence-electron chi connectivity index (χ1n) is 8.33. The zero-order valence-corrected chi connectivity index (χ0v) is 15.5. The number of benzene rings is 2. The number of hydrogen-bond donors (Lipinski definition) is 2. The number of nitrogens with zero attached hydrogens (tertiary/aromatic N) is 3. The smallest absolute Gasteiger partial charge is 0.172 e. The maximum Gasteiger partial charge on any atom is 0.172 e. The molecule has 2 heterocycles. The molecule has 2 N–H and O–H groups in total. The molecular formula is C20H17BrN4O. The first-order chi connectivity index (χ1) is 12.7. The van der Waals surface area contributed by atoms with Gasteiger partial charge in [-0.05, 0) is 40.0 Å². The molecule has 0 aliphatic rings. The molecule has 0 aliphatic carbocycles. The number of anilines is 1. The van der Waals surface area contributed by atoms with Crippen LogP contribution in [-0.2, 0) is 6.42 Å². The van der Waals surface area contributed by atoms with Crippen LogP contribution < -0.4 is 5.32 Å². The molecule has 26 heavy (non-hydrogen) atoms. The number of phenolic OH excluding ortho intramolecular Hbond substituents is 1. The van der Waals surface area contributed by atoms with E-state index in [1.54, 1.807) is 22.8 Å². The van der Waals surface area contributed by atoms with E-state index in [-0.39, 0.29) is 5.75 Å². The number of aromatic nitrogens is 3. The third-order valence-electron chi connectivity index (χ3n) is 4.17. The summed E-state index contributed by atoms with van der Waals surface area (Å²) in [6.07, 6.45) is 2.62. The highest BCUT2D eigenvalue weighted by molar-refractivity contribution is 9.10. The van der Waals surface area contributed by atoms with Crippen molar-refractivity contribution in [2.24, 2.45) is 0 Å². The number of aromatic hydroxyl groups is 1. The second-order valence-corrected chi connectivity index (χ2v) is 6.79. The highest BCUT2D eigenvalue weighted by atomic mass is 79.9. The molecule has 130 valence electrons. The van der Waals surface area contributed by atoms with Crippen molar-refractivity contribution in [2.45, 2.75) is 6.42 Å². The average molecular weight is 409 g/mol. The molecule has 4 rings (SSSR count). The van der Waals surface area contributed by atoms with Crippen LogP contribution in [0.2, 0.25) is 0 Å². The standard InChI is InChI=1S/C20H17BrN4O/c21-16-13-23-25-19(22-11-10-14-6-2-1-3-7-14)12-17(24-20(16)25)15-8-4-5-9-18(15)26/h1-9,12-13,22,26H,10-11H2. The van der Waals surface area contributed by atoms with Gasteiger partial charge in [-0.2, -0.15) is 9.61 Å². The van der Waals surface area contributed by atoms with Gasteiger partial charge in [0.2, 0.25) is 0 Å². The molecule has 0 spiro atoms. The van der Waals surface area contributed by atoms with Crippen LogP contribution in [0.15, 0.2) is 71.3 Å². The third-order valence-corrected chi connectivity index (χ3v) is 4.73. The second-order valence-electron chi connectivity index (χ2n) is 5.93. The molecule has 6 heteroatoms. The van der Waals surface area contributed by atoms with Gasteiger partial charge < -0.3 is 10.4 Å². The van der Waals surface area contributed by atoms with Crippen LogP contribution in [0, 0.1) is 0 Å². The first kappa shape index (κ1) is 16.6. The summed E-state index contributed by atoms with van der Waals surface area (Å²) in [6.45, 7) is 0.765. The molecule has 0 unspecified atom stereocenters. The monoisotopic (exact) mass is 408 g/mol. The highest BCUT2D eigenvalue weighted by Crippen LogP contribution is 2.31. The fourth-order valence-electron chi connectivity index (χ4n) is 2.87. The Bertz CT molecular complexity index is 1050. The maximum atomic E-state index is 10.2. The molecule has 2 aromatic heterocycles. The van der Waals surface area contributed by atoms with Gasteiger partial charge in [0.05, 0.1) is 16.4 Å². The van der Waals surface area contributed by atoms with Crippen molar-refractivity contribution < 1.29 is 5.11 Å². The number of fused-ring (bicyclic) bond motifs is 1.